The van der Waals surface area contributed by atoms with Crippen molar-refractivity contribution in [3.05, 3.63) is 118 Å². The third kappa shape index (κ3) is 7.99. The van der Waals surface area contributed by atoms with Crippen molar-refractivity contribution in [1.29, 1.82) is 5.41 Å². The van der Waals surface area contributed by atoms with E-state index in [1.54, 1.807) is 0 Å². The van der Waals surface area contributed by atoms with Gasteiger partial charge in [-0.15, -0.1) is 0 Å². The zero-order chi connectivity index (χ0) is 25.6. The van der Waals surface area contributed by atoms with Crippen LogP contribution in [-0.4, -0.2) is 24.8 Å². The van der Waals surface area contributed by atoms with Crippen molar-refractivity contribution < 1.29 is 0 Å². The van der Waals surface area contributed by atoms with Crippen molar-refractivity contribution in [3.63, 3.8) is 0 Å². The predicted octanol–water partition coefficient (Wildman–Crippen LogP) is 6.50. The maximum atomic E-state index is 7.55. The van der Waals surface area contributed by atoms with E-state index in [4.69, 9.17) is 5.41 Å². The summed E-state index contributed by atoms with van der Waals surface area (Å²) in [6.45, 7) is 9.42. The number of allylic oxidation sites excluding steroid dienone is 2. The fraction of sp³-hybridized carbons (Fsp3) is 0.182. The van der Waals surface area contributed by atoms with Crippen LogP contribution in [0.2, 0.25) is 0 Å². The molecular weight excluding hydrogens is 438 g/mol. The topological polar surface area (TPSA) is 48.6 Å². The van der Waals surface area contributed by atoms with Crippen LogP contribution in [0, 0.1) is 5.41 Å². The summed E-state index contributed by atoms with van der Waals surface area (Å²) < 4.78 is 0. The Kier molecular flexibility index (Phi) is 10.5. The van der Waals surface area contributed by atoms with Crippen molar-refractivity contribution in [3.8, 4) is 0 Å². The molecule has 182 valence electrons. The van der Waals surface area contributed by atoms with Gasteiger partial charge in [0.05, 0.1) is 5.71 Å². The number of unbranched alkanes of at least 4 members (excludes halogenated alkanes) is 1. The molecule has 3 aromatic carbocycles. The van der Waals surface area contributed by atoms with E-state index in [2.05, 4.69) is 84.2 Å². The van der Waals surface area contributed by atoms with Crippen molar-refractivity contribution in [2.45, 2.75) is 33.1 Å². The van der Waals surface area contributed by atoms with Crippen LogP contribution in [0.1, 0.15) is 48.9 Å². The summed E-state index contributed by atoms with van der Waals surface area (Å²) in [6.07, 6.45) is 14.4. The molecule has 0 saturated heterocycles. The van der Waals surface area contributed by atoms with Crippen LogP contribution < -0.4 is 10.4 Å². The van der Waals surface area contributed by atoms with Crippen molar-refractivity contribution >= 4 is 42.1 Å². The van der Waals surface area contributed by atoms with Gasteiger partial charge in [0, 0.05) is 24.7 Å². The predicted molar refractivity (Wildman–Crippen MR) is 159 cm³/mol. The highest BCUT2D eigenvalue weighted by molar-refractivity contribution is 6.13. The van der Waals surface area contributed by atoms with E-state index in [1.165, 1.54) is 17.2 Å². The summed E-state index contributed by atoms with van der Waals surface area (Å²) >= 11 is 0. The molecule has 0 spiro atoms. The number of benzene rings is 3. The molecule has 0 bridgehead atoms. The minimum atomic E-state index is 0.731. The van der Waals surface area contributed by atoms with Gasteiger partial charge < -0.3 is 0 Å². The van der Waals surface area contributed by atoms with Gasteiger partial charge in [0.15, 0.2) is 0 Å². The summed E-state index contributed by atoms with van der Waals surface area (Å²) in [4.78, 5) is 8.77. The Balaban J connectivity index is 1.77. The number of aliphatic imine (C=N–C) groups is 2. The third-order valence-electron chi connectivity index (χ3n) is 5.88. The Morgan fingerprint density at radius 3 is 2.42 bits per heavy atom. The molecule has 0 atom stereocenters. The summed E-state index contributed by atoms with van der Waals surface area (Å²) in [6, 6.07) is 24.9. The second kappa shape index (κ2) is 14.3. The van der Waals surface area contributed by atoms with E-state index in [0.717, 1.165) is 58.9 Å². The van der Waals surface area contributed by atoms with E-state index in [1.807, 2.05) is 49.6 Å². The van der Waals surface area contributed by atoms with E-state index in [-0.39, 0.29) is 0 Å². The third-order valence-corrected chi connectivity index (χ3v) is 5.88. The molecule has 36 heavy (non-hydrogen) atoms. The van der Waals surface area contributed by atoms with Crippen LogP contribution in [0.25, 0.3) is 23.8 Å². The van der Waals surface area contributed by atoms with Gasteiger partial charge in [-0.2, -0.15) is 0 Å². The van der Waals surface area contributed by atoms with Crippen LogP contribution in [0.3, 0.4) is 0 Å². The summed E-state index contributed by atoms with van der Waals surface area (Å²) in [5.41, 5.74) is 5.95. The summed E-state index contributed by atoms with van der Waals surface area (Å²) in [5, 5.41) is 9.86. The minimum Gasteiger partial charge on any atom is -0.297 e. The lowest BCUT2D eigenvalue weighted by atomic mass is 10.00. The molecule has 3 nitrogen and oxygen atoms in total. The Labute approximate surface area is 215 Å². The van der Waals surface area contributed by atoms with Crippen LogP contribution in [0.4, 0.5) is 0 Å². The van der Waals surface area contributed by atoms with E-state index in [9.17, 15) is 0 Å². The van der Waals surface area contributed by atoms with Gasteiger partial charge in [-0.25, -0.2) is 4.99 Å². The fourth-order valence-corrected chi connectivity index (χ4v) is 3.79. The molecule has 0 amide bonds. The van der Waals surface area contributed by atoms with Crippen molar-refractivity contribution in [1.82, 2.24) is 0 Å². The fourth-order valence-electron chi connectivity index (χ4n) is 3.79. The zero-order valence-electron chi connectivity index (χ0n) is 21.3. The number of hydrogen-bond donors (Lipinski definition) is 1. The molecule has 0 unspecified atom stereocenters. The normalized spacial score (nSPS) is 13.1. The molecule has 0 aliphatic carbocycles. The number of hydrogen-bond acceptors (Lipinski definition) is 2. The van der Waals surface area contributed by atoms with Gasteiger partial charge in [-0.3, -0.25) is 10.4 Å². The Morgan fingerprint density at radius 2 is 1.69 bits per heavy atom. The molecule has 0 heterocycles. The molecule has 0 saturated carbocycles. The average molecular weight is 474 g/mol. The standard InChI is InChI=1S/C33H35N3/c1-4-6-21-35-22-20-28-16-14-27(15-17-28)18-19-33(36-25-34)32-13-9-12-30(24-32)26(3)23-31-11-8-7-10-29(31)5-2/h5,7-19,22-25,34H,3-4,6,20-21H2,1-2H3/b19-18+,29-5-,31-23-,34-25?,35-22?,36-33?. The van der Waals surface area contributed by atoms with Gasteiger partial charge in [0.2, 0.25) is 0 Å². The molecule has 1 N–H and O–H groups in total. The monoisotopic (exact) mass is 473 g/mol. The Bertz CT molecular complexity index is 1370. The average Bonchev–Trinajstić information content (AvgIpc) is 2.92. The van der Waals surface area contributed by atoms with E-state index in [0.29, 0.717) is 0 Å². The molecule has 0 aromatic heterocycles. The smallest absolute Gasteiger partial charge is 0.107 e. The second-order valence-corrected chi connectivity index (χ2v) is 8.53. The van der Waals surface area contributed by atoms with Gasteiger partial charge in [0.25, 0.3) is 0 Å². The first-order valence-corrected chi connectivity index (χ1v) is 12.5. The number of nitrogens with one attached hydrogen (secondary N) is 1. The highest BCUT2D eigenvalue weighted by atomic mass is 14.8. The lowest BCUT2D eigenvalue weighted by Crippen LogP contribution is -2.23. The maximum Gasteiger partial charge on any atom is 0.107 e. The first-order chi connectivity index (χ1) is 17.6. The Hall–Kier alpha value is -4.11. The maximum absolute atomic E-state index is 7.55. The van der Waals surface area contributed by atoms with Crippen LogP contribution >= 0.6 is 0 Å². The molecule has 0 radical (unpaired) electrons. The molecule has 0 aliphatic rings. The molecular formula is C33H35N3. The number of rotatable bonds is 11. The number of nitrogens with zero attached hydrogens (tertiary/aromatic N) is 2. The van der Waals surface area contributed by atoms with Crippen LogP contribution in [0.5, 0.6) is 0 Å². The van der Waals surface area contributed by atoms with E-state index >= 15 is 0 Å². The molecule has 3 aromatic rings. The Morgan fingerprint density at radius 1 is 0.944 bits per heavy atom. The van der Waals surface area contributed by atoms with Gasteiger partial charge >= 0.3 is 0 Å². The van der Waals surface area contributed by atoms with Crippen molar-refractivity contribution in [2.75, 3.05) is 6.54 Å². The SMILES string of the molecule is C=C(/C=c1/cccc/c1=C/C)c1cccc(C(/C=C/c2ccc(CC=NCCCC)cc2)=NC=N)c1. The molecule has 0 fully saturated rings. The second-order valence-electron chi connectivity index (χ2n) is 8.53. The highest BCUT2D eigenvalue weighted by Crippen LogP contribution is 2.17. The largest absolute Gasteiger partial charge is 0.297 e. The quantitative estimate of drug-likeness (QED) is 0.188. The van der Waals surface area contributed by atoms with E-state index < -0.39 is 0 Å². The highest BCUT2D eigenvalue weighted by Gasteiger charge is 2.03. The first kappa shape index (κ1) is 26.5. The van der Waals surface area contributed by atoms with Gasteiger partial charge in [-0.05, 0) is 64.3 Å². The van der Waals surface area contributed by atoms with Crippen LogP contribution in [-0.2, 0) is 6.42 Å². The summed E-state index contributed by atoms with van der Waals surface area (Å²) in [7, 11) is 0. The summed E-state index contributed by atoms with van der Waals surface area (Å²) in [5.74, 6) is 0. The minimum absolute atomic E-state index is 0.731. The van der Waals surface area contributed by atoms with Gasteiger partial charge in [-0.1, -0.05) is 98.8 Å². The lowest BCUT2D eigenvalue weighted by molar-refractivity contribution is 0.809. The molecule has 3 heteroatoms. The van der Waals surface area contributed by atoms with Crippen molar-refractivity contribution in [2.24, 2.45) is 9.98 Å². The molecule has 3 rings (SSSR count). The van der Waals surface area contributed by atoms with Crippen LogP contribution in [0.15, 0.2) is 95.4 Å². The lowest BCUT2D eigenvalue weighted by Gasteiger charge is -2.06. The molecule has 0 aliphatic heterocycles. The first-order valence-electron chi connectivity index (χ1n) is 12.5. The van der Waals surface area contributed by atoms with Gasteiger partial charge in [0.1, 0.15) is 6.34 Å². The zero-order valence-corrected chi connectivity index (χ0v) is 21.3.